The van der Waals surface area contributed by atoms with E-state index in [4.69, 9.17) is 10.5 Å². The number of nitrogens with zero attached hydrogens (tertiary/aromatic N) is 2. The van der Waals surface area contributed by atoms with Crippen molar-refractivity contribution in [2.75, 3.05) is 45.1 Å². The summed E-state index contributed by atoms with van der Waals surface area (Å²) in [6.07, 6.45) is 2.75. The lowest BCUT2D eigenvalue weighted by Crippen LogP contribution is -2.50. The monoisotopic (exact) mass is 261 g/mol. The van der Waals surface area contributed by atoms with E-state index in [0.29, 0.717) is 0 Å². The van der Waals surface area contributed by atoms with E-state index in [9.17, 15) is 0 Å². The highest BCUT2D eigenvalue weighted by Crippen LogP contribution is 2.21. The van der Waals surface area contributed by atoms with Crippen molar-refractivity contribution in [3.8, 4) is 5.75 Å². The molecule has 1 unspecified atom stereocenters. The van der Waals surface area contributed by atoms with Gasteiger partial charge in [-0.15, -0.1) is 0 Å². The van der Waals surface area contributed by atoms with Crippen LogP contribution in [0.2, 0.25) is 0 Å². The van der Waals surface area contributed by atoms with Gasteiger partial charge in [0.2, 0.25) is 0 Å². The summed E-state index contributed by atoms with van der Waals surface area (Å²) in [4.78, 5) is 5.17. The van der Waals surface area contributed by atoms with E-state index in [1.54, 1.807) is 0 Å². The van der Waals surface area contributed by atoms with Crippen LogP contribution in [0.15, 0.2) is 24.3 Å². The molecular formula is C15H23N3O. The number of hydrogen-bond donors (Lipinski definition) is 1. The van der Waals surface area contributed by atoms with Crippen LogP contribution in [0.5, 0.6) is 5.75 Å². The lowest BCUT2D eigenvalue weighted by molar-refractivity contribution is 0.0923. The van der Waals surface area contributed by atoms with Crippen LogP contribution in [0.4, 0.5) is 5.69 Å². The maximum Gasteiger partial charge on any atom is 0.119 e. The average molecular weight is 261 g/mol. The van der Waals surface area contributed by atoms with E-state index in [2.05, 4.69) is 9.80 Å². The Kier molecular flexibility index (Phi) is 3.89. The summed E-state index contributed by atoms with van der Waals surface area (Å²) < 4.78 is 5.76. The zero-order valence-corrected chi connectivity index (χ0v) is 11.4. The molecule has 104 valence electrons. The Bertz CT molecular complexity index is 406. The van der Waals surface area contributed by atoms with Crippen molar-refractivity contribution in [2.24, 2.45) is 0 Å². The van der Waals surface area contributed by atoms with Gasteiger partial charge in [0.05, 0.1) is 0 Å². The number of ether oxygens (including phenoxy) is 1. The average Bonchev–Trinajstić information content (AvgIpc) is 2.88. The molecule has 0 bridgehead atoms. The third-order valence-electron chi connectivity index (χ3n) is 4.23. The van der Waals surface area contributed by atoms with Crippen LogP contribution in [-0.2, 0) is 0 Å². The summed E-state index contributed by atoms with van der Waals surface area (Å²) >= 11 is 0. The van der Waals surface area contributed by atoms with Gasteiger partial charge in [0.15, 0.2) is 0 Å². The van der Waals surface area contributed by atoms with Gasteiger partial charge in [-0.25, -0.2) is 0 Å². The maximum absolute atomic E-state index is 5.76. The SMILES string of the molecule is Nc1ccc(OCCN2CCN3CCCC3C2)cc1. The molecule has 0 radical (unpaired) electrons. The van der Waals surface area contributed by atoms with Gasteiger partial charge in [-0.2, -0.15) is 0 Å². The Labute approximate surface area is 115 Å². The molecule has 4 nitrogen and oxygen atoms in total. The molecule has 1 aromatic rings. The quantitative estimate of drug-likeness (QED) is 0.833. The van der Waals surface area contributed by atoms with Crippen molar-refractivity contribution in [1.29, 1.82) is 0 Å². The first-order chi connectivity index (χ1) is 9.31. The van der Waals surface area contributed by atoms with Crippen molar-refractivity contribution >= 4 is 5.69 Å². The number of nitrogens with two attached hydrogens (primary N) is 1. The first-order valence-corrected chi connectivity index (χ1v) is 7.26. The van der Waals surface area contributed by atoms with Crippen LogP contribution in [0.3, 0.4) is 0 Å². The van der Waals surface area contributed by atoms with Gasteiger partial charge < -0.3 is 10.5 Å². The Morgan fingerprint density at radius 3 is 2.84 bits per heavy atom. The largest absolute Gasteiger partial charge is 0.492 e. The van der Waals surface area contributed by atoms with E-state index in [1.165, 1.54) is 39.0 Å². The molecule has 19 heavy (non-hydrogen) atoms. The van der Waals surface area contributed by atoms with Gasteiger partial charge in [-0.05, 0) is 43.7 Å². The molecular weight excluding hydrogens is 238 g/mol. The fraction of sp³-hybridized carbons (Fsp3) is 0.600. The van der Waals surface area contributed by atoms with E-state index < -0.39 is 0 Å². The summed E-state index contributed by atoms with van der Waals surface area (Å²) in [5.41, 5.74) is 6.44. The first-order valence-electron chi connectivity index (χ1n) is 7.26. The van der Waals surface area contributed by atoms with Gasteiger partial charge in [-0.3, -0.25) is 9.80 Å². The van der Waals surface area contributed by atoms with Crippen molar-refractivity contribution in [3.05, 3.63) is 24.3 Å². The number of nitrogen functional groups attached to an aromatic ring is 1. The second-order valence-corrected chi connectivity index (χ2v) is 5.55. The van der Waals surface area contributed by atoms with Crippen molar-refractivity contribution in [2.45, 2.75) is 18.9 Å². The Hall–Kier alpha value is -1.26. The Morgan fingerprint density at radius 1 is 1.16 bits per heavy atom. The third kappa shape index (κ3) is 3.19. The van der Waals surface area contributed by atoms with Crippen LogP contribution < -0.4 is 10.5 Å². The number of fused-ring (bicyclic) bond motifs is 1. The molecule has 1 atom stereocenters. The molecule has 2 aliphatic rings. The molecule has 2 N–H and O–H groups in total. The van der Waals surface area contributed by atoms with Gasteiger partial charge in [-0.1, -0.05) is 0 Å². The molecule has 2 aliphatic heterocycles. The third-order valence-corrected chi connectivity index (χ3v) is 4.23. The normalized spacial score (nSPS) is 24.3. The van der Waals surface area contributed by atoms with Gasteiger partial charge in [0, 0.05) is 37.9 Å². The predicted molar refractivity (Wildman–Crippen MR) is 77.4 cm³/mol. The molecule has 0 spiro atoms. The van der Waals surface area contributed by atoms with Gasteiger partial charge >= 0.3 is 0 Å². The van der Waals surface area contributed by atoms with Crippen LogP contribution >= 0.6 is 0 Å². The molecule has 4 heteroatoms. The number of piperazine rings is 1. The molecule has 2 saturated heterocycles. The molecule has 0 saturated carbocycles. The summed E-state index contributed by atoms with van der Waals surface area (Å²) in [5.74, 6) is 0.911. The van der Waals surface area contributed by atoms with E-state index in [0.717, 1.165) is 30.6 Å². The second-order valence-electron chi connectivity index (χ2n) is 5.55. The standard InChI is InChI=1S/C15H23N3O/c16-13-3-5-15(6-4-13)19-11-10-17-8-9-18-7-1-2-14(18)12-17/h3-6,14H,1-2,7-12,16H2. The van der Waals surface area contributed by atoms with Crippen LogP contribution in [0, 0.1) is 0 Å². The first kappa shape index (κ1) is 12.8. The van der Waals surface area contributed by atoms with Crippen molar-refractivity contribution in [1.82, 2.24) is 9.80 Å². The fourth-order valence-corrected chi connectivity index (χ4v) is 3.12. The minimum atomic E-state index is 0.761. The van der Waals surface area contributed by atoms with E-state index in [-0.39, 0.29) is 0 Å². The molecule has 1 aromatic carbocycles. The minimum Gasteiger partial charge on any atom is -0.492 e. The topological polar surface area (TPSA) is 41.7 Å². The van der Waals surface area contributed by atoms with Gasteiger partial charge in [0.1, 0.15) is 12.4 Å². The Morgan fingerprint density at radius 2 is 2.00 bits per heavy atom. The number of benzene rings is 1. The lowest BCUT2D eigenvalue weighted by Gasteiger charge is -2.37. The zero-order valence-electron chi connectivity index (χ0n) is 11.4. The number of anilines is 1. The van der Waals surface area contributed by atoms with E-state index >= 15 is 0 Å². The molecule has 0 aromatic heterocycles. The van der Waals surface area contributed by atoms with Crippen LogP contribution in [0.1, 0.15) is 12.8 Å². The lowest BCUT2D eigenvalue weighted by atomic mass is 10.1. The second kappa shape index (κ2) is 5.80. The van der Waals surface area contributed by atoms with Crippen LogP contribution in [-0.4, -0.2) is 55.2 Å². The maximum atomic E-state index is 5.76. The van der Waals surface area contributed by atoms with Crippen LogP contribution in [0.25, 0.3) is 0 Å². The Balaban J connectivity index is 1.41. The highest BCUT2D eigenvalue weighted by molar-refractivity contribution is 5.41. The zero-order chi connectivity index (χ0) is 13.1. The number of hydrogen-bond acceptors (Lipinski definition) is 4. The summed E-state index contributed by atoms with van der Waals surface area (Å²) in [6.45, 7) is 6.71. The fourth-order valence-electron chi connectivity index (χ4n) is 3.12. The highest BCUT2D eigenvalue weighted by atomic mass is 16.5. The molecule has 2 fully saturated rings. The highest BCUT2D eigenvalue weighted by Gasteiger charge is 2.30. The van der Waals surface area contributed by atoms with Crippen molar-refractivity contribution in [3.63, 3.8) is 0 Å². The minimum absolute atomic E-state index is 0.761. The predicted octanol–water partition coefficient (Wildman–Crippen LogP) is 1.43. The molecule has 0 amide bonds. The molecule has 0 aliphatic carbocycles. The molecule has 3 rings (SSSR count). The smallest absolute Gasteiger partial charge is 0.119 e. The van der Waals surface area contributed by atoms with E-state index in [1.807, 2.05) is 24.3 Å². The van der Waals surface area contributed by atoms with Gasteiger partial charge in [0.25, 0.3) is 0 Å². The summed E-state index contributed by atoms with van der Waals surface area (Å²) in [5, 5.41) is 0. The number of rotatable bonds is 4. The molecule has 2 heterocycles. The van der Waals surface area contributed by atoms with Crippen molar-refractivity contribution < 1.29 is 4.74 Å². The summed E-state index contributed by atoms with van der Waals surface area (Å²) in [7, 11) is 0. The summed E-state index contributed by atoms with van der Waals surface area (Å²) in [6, 6.07) is 8.43.